The Balaban J connectivity index is 1.86. The predicted molar refractivity (Wildman–Crippen MR) is 78.6 cm³/mol. The average molecular weight is 294 g/mol. The molecule has 0 saturated heterocycles. The van der Waals surface area contributed by atoms with Crippen molar-refractivity contribution in [1.82, 2.24) is 10.6 Å². The van der Waals surface area contributed by atoms with E-state index in [0.717, 1.165) is 24.8 Å². The van der Waals surface area contributed by atoms with Crippen LogP contribution >= 0.6 is 0 Å². The van der Waals surface area contributed by atoms with E-state index in [0.29, 0.717) is 18.0 Å². The van der Waals surface area contributed by atoms with Crippen molar-refractivity contribution in [3.63, 3.8) is 0 Å². The van der Waals surface area contributed by atoms with Crippen LogP contribution < -0.4 is 20.1 Å². The number of hydrogen-bond donors (Lipinski definition) is 3. The molecule has 1 aromatic rings. The molecule has 6 nitrogen and oxygen atoms in total. The van der Waals surface area contributed by atoms with Crippen molar-refractivity contribution in [2.75, 3.05) is 14.2 Å². The smallest absolute Gasteiger partial charge is 0.315 e. The molecule has 6 heteroatoms. The van der Waals surface area contributed by atoms with Crippen LogP contribution in [0.5, 0.6) is 11.5 Å². The Morgan fingerprint density at radius 3 is 2.67 bits per heavy atom. The summed E-state index contributed by atoms with van der Waals surface area (Å²) in [5.41, 5.74) is 0.912. The average Bonchev–Trinajstić information content (AvgIpc) is 2.90. The van der Waals surface area contributed by atoms with Gasteiger partial charge in [-0.2, -0.15) is 0 Å². The Bertz CT molecular complexity index is 493. The number of urea groups is 1. The number of hydrogen-bond acceptors (Lipinski definition) is 4. The number of ether oxygens (including phenoxy) is 2. The maximum atomic E-state index is 11.8. The Hall–Kier alpha value is -1.95. The summed E-state index contributed by atoms with van der Waals surface area (Å²) >= 11 is 0. The van der Waals surface area contributed by atoms with E-state index in [1.807, 2.05) is 12.1 Å². The highest BCUT2D eigenvalue weighted by Crippen LogP contribution is 2.27. The first-order valence-electron chi connectivity index (χ1n) is 7.07. The molecular formula is C15H22N2O4. The van der Waals surface area contributed by atoms with Crippen LogP contribution in [0.25, 0.3) is 0 Å². The summed E-state index contributed by atoms with van der Waals surface area (Å²) in [6, 6.07) is 5.08. The molecule has 1 aliphatic rings. The molecule has 0 bridgehead atoms. The minimum Gasteiger partial charge on any atom is -0.493 e. The summed E-state index contributed by atoms with van der Waals surface area (Å²) in [7, 11) is 3.15. The number of rotatable bonds is 5. The first-order valence-corrected chi connectivity index (χ1v) is 7.07. The molecular weight excluding hydrogens is 272 g/mol. The fraction of sp³-hybridized carbons (Fsp3) is 0.533. The van der Waals surface area contributed by atoms with E-state index in [1.165, 1.54) is 0 Å². The van der Waals surface area contributed by atoms with Gasteiger partial charge in [0, 0.05) is 6.54 Å². The Morgan fingerprint density at radius 2 is 2.05 bits per heavy atom. The Morgan fingerprint density at radius 1 is 1.29 bits per heavy atom. The van der Waals surface area contributed by atoms with Gasteiger partial charge in [0.15, 0.2) is 11.5 Å². The quantitative estimate of drug-likeness (QED) is 0.767. The third-order valence-corrected chi connectivity index (χ3v) is 3.70. The fourth-order valence-corrected chi connectivity index (χ4v) is 2.50. The number of nitrogens with one attached hydrogen (secondary N) is 2. The molecule has 2 atom stereocenters. The summed E-state index contributed by atoms with van der Waals surface area (Å²) in [6.07, 6.45) is 2.09. The molecule has 1 aliphatic carbocycles. The number of aliphatic hydroxyl groups is 1. The third-order valence-electron chi connectivity index (χ3n) is 3.70. The molecule has 21 heavy (non-hydrogen) atoms. The topological polar surface area (TPSA) is 79.8 Å². The van der Waals surface area contributed by atoms with Gasteiger partial charge in [-0.1, -0.05) is 6.07 Å². The van der Waals surface area contributed by atoms with E-state index < -0.39 is 6.10 Å². The van der Waals surface area contributed by atoms with Crippen molar-refractivity contribution in [2.24, 2.45) is 0 Å². The SMILES string of the molecule is COc1ccc(CNC(=O)NC2CCCC2O)cc1OC. The van der Waals surface area contributed by atoms with E-state index >= 15 is 0 Å². The van der Waals surface area contributed by atoms with Gasteiger partial charge in [0.05, 0.1) is 26.4 Å². The molecule has 2 rings (SSSR count). The van der Waals surface area contributed by atoms with Gasteiger partial charge >= 0.3 is 6.03 Å². The summed E-state index contributed by atoms with van der Waals surface area (Å²) in [5, 5.41) is 15.2. The van der Waals surface area contributed by atoms with Gasteiger partial charge in [0.25, 0.3) is 0 Å². The van der Waals surface area contributed by atoms with Crippen molar-refractivity contribution in [1.29, 1.82) is 0 Å². The standard InChI is InChI=1S/C15H22N2O4/c1-20-13-7-6-10(8-14(13)21-2)9-16-15(19)17-11-4-3-5-12(11)18/h6-8,11-12,18H,3-5,9H2,1-2H3,(H2,16,17,19). The maximum absolute atomic E-state index is 11.8. The van der Waals surface area contributed by atoms with Gasteiger partial charge in [-0.05, 0) is 37.0 Å². The van der Waals surface area contributed by atoms with Crippen LogP contribution in [0, 0.1) is 0 Å². The fourth-order valence-electron chi connectivity index (χ4n) is 2.50. The van der Waals surface area contributed by atoms with E-state index in [1.54, 1.807) is 20.3 Å². The number of carbonyl (C=O) groups is 1. The maximum Gasteiger partial charge on any atom is 0.315 e. The molecule has 0 aliphatic heterocycles. The minimum absolute atomic E-state index is 0.143. The van der Waals surface area contributed by atoms with Crippen LogP contribution in [0.1, 0.15) is 24.8 Å². The van der Waals surface area contributed by atoms with Crippen molar-refractivity contribution in [3.8, 4) is 11.5 Å². The van der Waals surface area contributed by atoms with E-state index in [9.17, 15) is 9.90 Å². The lowest BCUT2D eigenvalue weighted by atomic mass is 10.2. The molecule has 3 N–H and O–H groups in total. The summed E-state index contributed by atoms with van der Waals surface area (Å²) in [4.78, 5) is 11.8. The lowest BCUT2D eigenvalue weighted by Crippen LogP contribution is -2.45. The molecule has 116 valence electrons. The zero-order valence-corrected chi connectivity index (χ0v) is 12.4. The third kappa shape index (κ3) is 4.01. The number of amides is 2. The summed E-state index contributed by atoms with van der Waals surface area (Å²) in [6.45, 7) is 0.384. The molecule has 2 amide bonds. The van der Waals surface area contributed by atoms with Crippen LogP contribution in [0.2, 0.25) is 0 Å². The highest BCUT2D eigenvalue weighted by Gasteiger charge is 2.26. The Labute approximate surface area is 124 Å². The van der Waals surface area contributed by atoms with Crippen molar-refractivity contribution < 1.29 is 19.4 Å². The molecule has 1 saturated carbocycles. The van der Waals surface area contributed by atoms with Gasteiger partial charge in [-0.15, -0.1) is 0 Å². The highest BCUT2D eigenvalue weighted by molar-refractivity contribution is 5.74. The largest absolute Gasteiger partial charge is 0.493 e. The van der Waals surface area contributed by atoms with Crippen LogP contribution in [-0.2, 0) is 6.54 Å². The van der Waals surface area contributed by atoms with Gasteiger partial charge in [0.1, 0.15) is 0 Å². The minimum atomic E-state index is -0.433. The zero-order chi connectivity index (χ0) is 15.2. The molecule has 0 radical (unpaired) electrons. The second-order valence-electron chi connectivity index (χ2n) is 5.12. The summed E-state index contributed by atoms with van der Waals surface area (Å²) < 4.78 is 10.4. The lowest BCUT2D eigenvalue weighted by Gasteiger charge is -2.17. The summed E-state index contributed by atoms with van der Waals surface area (Å²) in [5.74, 6) is 1.28. The zero-order valence-electron chi connectivity index (χ0n) is 12.4. The molecule has 0 spiro atoms. The molecule has 0 heterocycles. The van der Waals surface area contributed by atoms with Gasteiger partial charge in [0.2, 0.25) is 0 Å². The molecule has 0 aromatic heterocycles. The van der Waals surface area contributed by atoms with E-state index in [-0.39, 0.29) is 12.1 Å². The van der Waals surface area contributed by atoms with Crippen LogP contribution in [0.4, 0.5) is 4.79 Å². The van der Waals surface area contributed by atoms with Crippen LogP contribution in [0.3, 0.4) is 0 Å². The van der Waals surface area contributed by atoms with Crippen molar-refractivity contribution >= 4 is 6.03 Å². The number of aliphatic hydroxyl groups excluding tert-OH is 1. The molecule has 1 aromatic carbocycles. The second-order valence-corrected chi connectivity index (χ2v) is 5.12. The van der Waals surface area contributed by atoms with Crippen molar-refractivity contribution in [3.05, 3.63) is 23.8 Å². The predicted octanol–water partition coefficient (Wildman–Crippen LogP) is 1.42. The van der Waals surface area contributed by atoms with E-state index in [4.69, 9.17) is 9.47 Å². The van der Waals surface area contributed by atoms with Crippen molar-refractivity contribution in [2.45, 2.75) is 38.0 Å². The number of benzene rings is 1. The first-order chi connectivity index (χ1) is 10.1. The second kappa shape index (κ2) is 7.17. The molecule has 2 unspecified atom stereocenters. The van der Waals surface area contributed by atoms with Gasteiger partial charge < -0.3 is 25.2 Å². The first kappa shape index (κ1) is 15.4. The number of carbonyl (C=O) groups excluding carboxylic acids is 1. The monoisotopic (exact) mass is 294 g/mol. The van der Waals surface area contributed by atoms with Crippen LogP contribution in [0.15, 0.2) is 18.2 Å². The lowest BCUT2D eigenvalue weighted by molar-refractivity contribution is 0.149. The highest BCUT2D eigenvalue weighted by atomic mass is 16.5. The Kier molecular flexibility index (Phi) is 5.27. The normalized spacial score (nSPS) is 20.9. The van der Waals surface area contributed by atoms with Gasteiger partial charge in [-0.25, -0.2) is 4.79 Å². The molecule has 1 fully saturated rings. The number of methoxy groups -OCH3 is 2. The van der Waals surface area contributed by atoms with Gasteiger partial charge in [-0.3, -0.25) is 0 Å². The van der Waals surface area contributed by atoms with Crippen LogP contribution in [-0.4, -0.2) is 37.5 Å². The van der Waals surface area contributed by atoms with E-state index in [2.05, 4.69) is 10.6 Å².